The Morgan fingerprint density at radius 2 is 1.52 bits per heavy atom. The predicted octanol–water partition coefficient (Wildman–Crippen LogP) is 2.64. The van der Waals surface area contributed by atoms with E-state index in [-0.39, 0.29) is 0 Å². The van der Waals surface area contributed by atoms with Crippen LogP contribution in [0.2, 0.25) is 0 Å². The molecule has 0 atom stereocenters. The maximum atomic E-state index is 5.98. The Hall–Kier alpha value is -2.93. The molecule has 7 heteroatoms. The normalized spacial score (nSPS) is 15.2. The van der Waals surface area contributed by atoms with Crippen LogP contribution in [0.25, 0.3) is 0 Å². The van der Waals surface area contributed by atoms with E-state index in [0.717, 1.165) is 56.3 Å². The highest BCUT2D eigenvalue weighted by Crippen LogP contribution is 2.20. The van der Waals surface area contributed by atoms with Crippen LogP contribution in [0.4, 0.5) is 11.4 Å². The molecule has 156 valence electrons. The molecule has 2 aromatic carbocycles. The highest BCUT2D eigenvalue weighted by molar-refractivity contribution is 5.92. The van der Waals surface area contributed by atoms with Crippen LogP contribution in [-0.2, 0) is 0 Å². The van der Waals surface area contributed by atoms with Crippen LogP contribution in [0.5, 0.6) is 11.5 Å². The molecule has 1 aliphatic rings. The summed E-state index contributed by atoms with van der Waals surface area (Å²) in [4.78, 5) is 9.34. The topological polar surface area (TPSA) is 75.4 Å². The molecule has 2 aromatic rings. The van der Waals surface area contributed by atoms with Gasteiger partial charge < -0.3 is 25.4 Å². The molecule has 0 saturated carbocycles. The number of piperazine rings is 1. The molecule has 0 aromatic heterocycles. The van der Waals surface area contributed by atoms with E-state index in [4.69, 9.17) is 15.2 Å². The van der Waals surface area contributed by atoms with Gasteiger partial charge in [0.25, 0.3) is 0 Å². The van der Waals surface area contributed by atoms with E-state index in [1.54, 1.807) is 14.2 Å². The average Bonchev–Trinajstić information content (AvgIpc) is 2.78. The minimum Gasteiger partial charge on any atom is -0.497 e. The summed E-state index contributed by atoms with van der Waals surface area (Å²) in [5, 5.41) is 3.11. The van der Waals surface area contributed by atoms with Crippen LogP contribution in [0.15, 0.2) is 53.5 Å². The lowest BCUT2D eigenvalue weighted by atomic mass is 10.2. The van der Waals surface area contributed by atoms with Gasteiger partial charge in [-0.1, -0.05) is 0 Å². The SMILES string of the molecule is COc1ccc(NC(N)=NCCCN2CCN(c3ccc(OC)cc3)CC2)cc1. The van der Waals surface area contributed by atoms with Crippen molar-refractivity contribution in [2.45, 2.75) is 6.42 Å². The van der Waals surface area contributed by atoms with Gasteiger partial charge in [0.1, 0.15) is 11.5 Å². The van der Waals surface area contributed by atoms with E-state index in [0.29, 0.717) is 12.5 Å². The molecule has 1 saturated heterocycles. The summed E-state index contributed by atoms with van der Waals surface area (Å²) in [6.45, 7) is 5.96. The van der Waals surface area contributed by atoms with Gasteiger partial charge in [-0.3, -0.25) is 9.89 Å². The zero-order chi connectivity index (χ0) is 20.5. The second kappa shape index (κ2) is 10.6. The monoisotopic (exact) mass is 397 g/mol. The summed E-state index contributed by atoms with van der Waals surface area (Å²) in [5.41, 5.74) is 8.14. The Bertz CT molecular complexity index is 769. The summed E-state index contributed by atoms with van der Waals surface area (Å²) >= 11 is 0. The van der Waals surface area contributed by atoms with Crippen LogP contribution in [0.3, 0.4) is 0 Å². The van der Waals surface area contributed by atoms with Crippen molar-refractivity contribution < 1.29 is 9.47 Å². The summed E-state index contributed by atoms with van der Waals surface area (Å²) < 4.78 is 10.4. The molecule has 3 N–H and O–H groups in total. The molecule has 1 fully saturated rings. The Morgan fingerprint density at radius 1 is 0.931 bits per heavy atom. The second-order valence-corrected chi connectivity index (χ2v) is 7.00. The van der Waals surface area contributed by atoms with Crippen molar-refractivity contribution in [3.8, 4) is 11.5 Å². The van der Waals surface area contributed by atoms with Crippen LogP contribution >= 0.6 is 0 Å². The van der Waals surface area contributed by atoms with Crippen molar-refractivity contribution >= 4 is 17.3 Å². The van der Waals surface area contributed by atoms with Gasteiger partial charge in [-0.2, -0.15) is 0 Å². The lowest BCUT2D eigenvalue weighted by molar-refractivity contribution is 0.256. The molecular formula is C22H31N5O2. The fourth-order valence-electron chi connectivity index (χ4n) is 3.38. The number of rotatable bonds is 8. The predicted molar refractivity (Wildman–Crippen MR) is 119 cm³/mol. The van der Waals surface area contributed by atoms with Crippen molar-refractivity contribution in [1.29, 1.82) is 0 Å². The van der Waals surface area contributed by atoms with Gasteiger partial charge in [-0.15, -0.1) is 0 Å². The second-order valence-electron chi connectivity index (χ2n) is 7.00. The summed E-state index contributed by atoms with van der Waals surface area (Å²) in [7, 11) is 3.35. The number of benzene rings is 2. The summed E-state index contributed by atoms with van der Waals surface area (Å²) in [6, 6.07) is 15.9. The smallest absolute Gasteiger partial charge is 0.193 e. The van der Waals surface area contributed by atoms with Crippen molar-refractivity contribution in [3.63, 3.8) is 0 Å². The number of aliphatic imine (C=N–C) groups is 1. The van der Waals surface area contributed by atoms with Gasteiger partial charge in [-0.05, 0) is 55.0 Å². The molecular weight excluding hydrogens is 366 g/mol. The van der Waals surface area contributed by atoms with Gasteiger partial charge in [-0.25, -0.2) is 0 Å². The van der Waals surface area contributed by atoms with Gasteiger partial charge in [0.05, 0.1) is 14.2 Å². The fourth-order valence-corrected chi connectivity index (χ4v) is 3.38. The Kier molecular flexibility index (Phi) is 7.58. The fraction of sp³-hybridized carbons (Fsp3) is 0.409. The first-order chi connectivity index (χ1) is 14.2. The molecule has 0 radical (unpaired) electrons. The molecule has 0 bridgehead atoms. The maximum Gasteiger partial charge on any atom is 0.193 e. The van der Waals surface area contributed by atoms with E-state index < -0.39 is 0 Å². The lowest BCUT2D eigenvalue weighted by Crippen LogP contribution is -2.46. The molecule has 0 spiro atoms. The molecule has 29 heavy (non-hydrogen) atoms. The van der Waals surface area contributed by atoms with Crippen molar-refractivity contribution in [1.82, 2.24) is 4.90 Å². The minimum absolute atomic E-state index is 0.444. The van der Waals surface area contributed by atoms with Crippen LogP contribution in [-0.4, -0.2) is 64.3 Å². The van der Waals surface area contributed by atoms with Crippen molar-refractivity contribution in [2.24, 2.45) is 10.7 Å². The Labute approximate surface area is 173 Å². The van der Waals surface area contributed by atoms with Gasteiger partial charge >= 0.3 is 0 Å². The highest BCUT2D eigenvalue weighted by Gasteiger charge is 2.16. The largest absolute Gasteiger partial charge is 0.497 e. The standard InChI is InChI=1S/C22H31N5O2/c1-28-20-8-4-18(5-9-20)25-22(23)24-12-3-13-26-14-16-27(17-15-26)19-6-10-21(29-2)11-7-19/h4-11H,3,12-17H2,1-2H3,(H3,23,24,25). The van der Waals surface area contributed by atoms with Crippen LogP contribution in [0, 0.1) is 0 Å². The summed E-state index contributed by atoms with van der Waals surface area (Å²) in [5.74, 6) is 2.16. The zero-order valence-electron chi connectivity index (χ0n) is 17.3. The van der Waals surface area contributed by atoms with Gasteiger partial charge in [0.2, 0.25) is 0 Å². The van der Waals surface area contributed by atoms with E-state index in [1.807, 2.05) is 36.4 Å². The quantitative estimate of drug-likeness (QED) is 0.405. The Balaban J connectivity index is 1.35. The van der Waals surface area contributed by atoms with E-state index in [2.05, 4.69) is 32.2 Å². The number of ether oxygens (including phenoxy) is 2. The first-order valence-corrected chi connectivity index (χ1v) is 10.0. The minimum atomic E-state index is 0.444. The van der Waals surface area contributed by atoms with Crippen LogP contribution in [0.1, 0.15) is 6.42 Å². The first kappa shape index (κ1) is 20.8. The third kappa shape index (κ3) is 6.29. The van der Waals surface area contributed by atoms with Gasteiger partial charge in [0.15, 0.2) is 5.96 Å². The number of nitrogens with one attached hydrogen (secondary N) is 1. The number of nitrogens with two attached hydrogens (primary N) is 1. The number of guanidine groups is 1. The molecule has 3 rings (SSSR count). The molecule has 0 unspecified atom stereocenters. The van der Waals surface area contributed by atoms with Gasteiger partial charge in [0, 0.05) is 50.6 Å². The Morgan fingerprint density at radius 3 is 2.10 bits per heavy atom. The zero-order valence-corrected chi connectivity index (χ0v) is 17.3. The third-order valence-electron chi connectivity index (χ3n) is 5.09. The van der Waals surface area contributed by atoms with Crippen LogP contribution < -0.4 is 25.4 Å². The average molecular weight is 398 g/mol. The van der Waals surface area contributed by atoms with E-state index in [9.17, 15) is 0 Å². The van der Waals surface area contributed by atoms with Crippen molar-refractivity contribution in [3.05, 3.63) is 48.5 Å². The highest BCUT2D eigenvalue weighted by atomic mass is 16.5. The molecule has 1 heterocycles. The lowest BCUT2D eigenvalue weighted by Gasteiger charge is -2.36. The third-order valence-corrected chi connectivity index (χ3v) is 5.09. The number of hydrogen-bond donors (Lipinski definition) is 2. The maximum absolute atomic E-state index is 5.98. The number of methoxy groups -OCH3 is 2. The molecule has 0 aliphatic carbocycles. The summed E-state index contributed by atoms with van der Waals surface area (Å²) in [6.07, 6.45) is 0.994. The molecule has 7 nitrogen and oxygen atoms in total. The number of anilines is 2. The molecule has 1 aliphatic heterocycles. The van der Waals surface area contributed by atoms with E-state index >= 15 is 0 Å². The molecule has 0 amide bonds. The van der Waals surface area contributed by atoms with E-state index in [1.165, 1.54) is 5.69 Å². The first-order valence-electron chi connectivity index (χ1n) is 10.0. The number of nitrogens with zero attached hydrogens (tertiary/aromatic N) is 3. The number of hydrogen-bond acceptors (Lipinski definition) is 5. The van der Waals surface area contributed by atoms with Crippen molar-refractivity contribution in [2.75, 3.05) is 63.7 Å².